The summed E-state index contributed by atoms with van der Waals surface area (Å²) in [5, 5.41) is 8.14. The molecule has 0 aliphatic heterocycles. The third-order valence-electron chi connectivity index (χ3n) is 3.35. The van der Waals surface area contributed by atoms with Crippen LogP contribution >= 0.6 is 0 Å². The number of carbonyl (C=O) groups excluding carboxylic acids is 1. The van der Waals surface area contributed by atoms with Crippen molar-refractivity contribution >= 4 is 5.78 Å². The van der Waals surface area contributed by atoms with Gasteiger partial charge in [0.1, 0.15) is 0 Å². The van der Waals surface area contributed by atoms with Gasteiger partial charge in [-0.3, -0.25) is 4.79 Å². The van der Waals surface area contributed by atoms with Crippen LogP contribution < -0.4 is 0 Å². The monoisotopic (exact) mass is 277 g/mol. The summed E-state index contributed by atoms with van der Waals surface area (Å²) in [5.74, 6) is 0.135. The molecule has 0 spiro atoms. The Morgan fingerprint density at radius 3 is 2.67 bits per heavy atom. The van der Waals surface area contributed by atoms with Gasteiger partial charge in [0.25, 0.3) is 0 Å². The van der Waals surface area contributed by atoms with E-state index in [4.69, 9.17) is 0 Å². The van der Waals surface area contributed by atoms with Gasteiger partial charge in [-0.25, -0.2) is 4.68 Å². The fourth-order valence-electron chi connectivity index (χ4n) is 2.25. The normalized spacial score (nSPS) is 10.5. The lowest BCUT2D eigenvalue weighted by Gasteiger charge is -2.07. The molecule has 0 fully saturated rings. The Morgan fingerprint density at radius 1 is 1.10 bits per heavy atom. The van der Waals surface area contributed by atoms with Gasteiger partial charge >= 0.3 is 0 Å². The summed E-state index contributed by atoms with van der Waals surface area (Å²) in [7, 11) is 0. The number of aromatic nitrogens is 3. The van der Waals surface area contributed by atoms with Crippen LogP contribution in [0.1, 0.15) is 23.7 Å². The lowest BCUT2D eigenvalue weighted by atomic mass is 10.0. The van der Waals surface area contributed by atoms with Gasteiger partial charge < -0.3 is 0 Å². The van der Waals surface area contributed by atoms with Crippen LogP contribution in [0, 0.1) is 0 Å². The van der Waals surface area contributed by atoms with Crippen molar-refractivity contribution < 1.29 is 4.79 Å². The van der Waals surface area contributed by atoms with E-state index < -0.39 is 0 Å². The molecular formula is C17H15N3O. The number of rotatable bonds is 4. The van der Waals surface area contributed by atoms with E-state index in [1.807, 2.05) is 61.5 Å². The van der Waals surface area contributed by atoms with Crippen molar-refractivity contribution in [2.45, 2.75) is 13.3 Å². The predicted molar refractivity (Wildman–Crippen MR) is 81.4 cm³/mol. The number of Topliss-reactive ketones (excluding diaryl/α,β-unsaturated/α-hetero) is 1. The van der Waals surface area contributed by atoms with Crippen molar-refractivity contribution in [1.29, 1.82) is 0 Å². The van der Waals surface area contributed by atoms with E-state index in [0.29, 0.717) is 6.42 Å². The van der Waals surface area contributed by atoms with Gasteiger partial charge in [-0.2, -0.15) is 0 Å². The van der Waals surface area contributed by atoms with Gasteiger partial charge in [0.2, 0.25) is 0 Å². The van der Waals surface area contributed by atoms with E-state index in [2.05, 4.69) is 10.3 Å². The van der Waals surface area contributed by atoms with Crippen LogP contribution in [0.3, 0.4) is 0 Å². The van der Waals surface area contributed by atoms with Crippen molar-refractivity contribution in [2.24, 2.45) is 0 Å². The Morgan fingerprint density at radius 2 is 1.90 bits per heavy atom. The van der Waals surface area contributed by atoms with E-state index in [-0.39, 0.29) is 5.78 Å². The first-order valence-electron chi connectivity index (χ1n) is 6.89. The second-order valence-electron chi connectivity index (χ2n) is 4.72. The Kier molecular flexibility index (Phi) is 3.60. The summed E-state index contributed by atoms with van der Waals surface area (Å²) in [4.78, 5) is 11.9. The number of hydrogen-bond acceptors (Lipinski definition) is 3. The lowest BCUT2D eigenvalue weighted by Crippen LogP contribution is -2.00. The van der Waals surface area contributed by atoms with Crippen molar-refractivity contribution in [1.82, 2.24) is 15.0 Å². The standard InChI is InChI=1S/C17H15N3O/c1-2-17(21)14-8-6-7-13(11-14)16-12-18-19-20(16)15-9-4-3-5-10-15/h3-12H,2H2,1H3. The molecule has 104 valence electrons. The van der Waals surface area contributed by atoms with Crippen LogP contribution in [-0.4, -0.2) is 20.8 Å². The number of ketones is 1. The molecule has 2 aromatic carbocycles. The molecule has 0 saturated heterocycles. The maximum Gasteiger partial charge on any atom is 0.162 e. The van der Waals surface area contributed by atoms with Gasteiger partial charge in [0.05, 0.1) is 17.6 Å². The number of hydrogen-bond donors (Lipinski definition) is 0. The first-order valence-corrected chi connectivity index (χ1v) is 6.89. The number of benzene rings is 2. The van der Waals surface area contributed by atoms with E-state index in [9.17, 15) is 4.79 Å². The van der Waals surface area contributed by atoms with Crippen LogP contribution in [0.15, 0.2) is 60.8 Å². The molecular weight excluding hydrogens is 262 g/mol. The molecule has 0 N–H and O–H groups in total. The molecule has 1 heterocycles. The maximum absolute atomic E-state index is 11.9. The highest BCUT2D eigenvalue weighted by Crippen LogP contribution is 2.22. The molecule has 0 unspecified atom stereocenters. The van der Waals surface area contributed by atoms with E-state index in [1.54, 1.807) is 10.9 Å². The molecule has 0 atom stereocenters. The average Bonchev–Trinajstić information content (AvgIpc) is 3.04. The van der Waals surface area contributed by atoms with E-state index in [0.717, 1.165) is 22.5 Å². The zero-order chi connectivity index (χ0) is 14.7. The van der Waals surface area contributed by atoms with Gasteiger partial charge in [-0.1, -0.05) is 48.5 Å². The fourth-order valence-corrected chi connectivity index (χ4v) is 2.25. The second-order valence-corrected chi connectivity index (χ2v) is 4.72. The van der Waals surface area contributed by atoms with Gasteiger partial charge in [-0.15, -0.1) is 5.10 Å². The summed E-state index contributed by atoms with van der Waals surface area (Å²) < 4.78 is 1.77. The molecule has 21 heavy (non-hydrogen) atoms. The van der Waals surface area contributed by atoms with Crippen LogP contribution in [0.4, 0.5) is 0 Å². The average molecular weight is 277 g/mol. The Bertz CT molecular complexity index is 762. The third-order valence-corrected chi connectivity index (χ3v) is 3.35. The van der Waals surface area contributed by atoms with Gasteiger partial charge in [0.15, 0.2) is 5.78 Å². The highest BCUT2D eigenvalue weighted by atomic mass is 16.1. The molecule has 0 aliphatic rings. The molecule has 1 aromatic heterocycles. The molecule has 0 radical (unpaired) electrons. The summed E-state index contributed by atoms with van der Waals surface area (Å²) in [6.07, 6.45) is 2.21. The number of nitrogens with zero attached hydrogens (tertiary/aromatic N) is 3. The topological polar surface area (TPSA) is 47.8 Å². The second kappa shape index (κ2) is 5.71. The first kappa shape index (κ1) is 13.2. The van der Waals surface area contributed by atoms with Gasteiger partial charge in [-0.05, 0) is 18.2 Å². The van der Waals surface area contributed by atoms with Crippen LogP contribution in [0.25, 0.3) is 16.9 Å². The highest BCUT2D eigenvalue weighted by molar-refractivity contribution is 5.96. The van der Waals surface area contributed by atoms with Crippen LogP contribution in [-0.2, 0) is 0 Å². The minimum absolute atomic E-state index is 0.135. The summed E-state index contributed by atoms with van der Waals surface area (Å²) in [5.41, 5.74) is 3.46. The Balaban J connectivity index is 2.07. The maximum atomic E-state index is 11.9. The zero-order valence-corrected chi connectivity index (χ0v) is 11.7. The molecule has 0 aliphatic carbocycles. The number of carbonyl (C=O) groups is 1. The van der Waals surface area contributed by atoms with Crippen LogP contribution in [0.2, 0.25) is 0 Å². The molecule has 0 amide bonds. The van der Waals surface area contributed by atoms with E-state index in [1.165, 1.54) is 0 Å². The fraction of sp³-hybridized carbons (Fsp3) is 0.118. The lowest BCUT2D eigenvalue weighted by molar-refractivity contribution is 0.0988. The summed E-state index contributed by atoms with van der Waals surface area (Å²) >= 11 is 0. The van der Waals surface area contributed by atoms with Crippen molar-refractivity contribution in [3.63, 3.8) is 0 Å². The van der Waals surface area contributed by atoms with Crippen LogP contribution in [0.5, 0.6) is 0 Å². The summed E-state index contributed by atoms with van der Waals surface area (Å²) in [6.45, 7) is 1.87. The smallest absolute Gasteiger partial charge is 0.162 e. The van der Waals surface area contributed by atoms with Crippen molar-refractivity contribution in [2.75, 3.05) is 0 Å². The molecule has 0 bridgehead atoms. The minimum atomic E-state index is 0.135. The van der Waals surface area contributed by atoms with E-state index >= 15 is 0 Å². The first-order chi connectivity index (χ1) is 10.3. The van der Waals surface area contributed by atoms with Crippen molar-refractivity contribution in [3.8, 4) is 16.9 Å². The highest BCUT2D eigenvalue weighted by Gasteiger charge is 2.10. The van der Waals surface area contributed by atoms with Crippen molar-refractivity contribution in [3.05, 3.63) is 66.4 Å². The Labute approximate surface area is 123 Å². The van der Waals surface area contributed by atoms with Gasteiger partial charge in [0, 0.05) is 17.5 Å². The predicted octanol–water partition coefficient (Wildman–Crippen LogP) is 3.53. The molecule has 3 aromatic rings. The number of para-hydroxylation sites is 1. The largest absolute Gasteiger partial charge is 0.294 e. The molecule has 4 nitrogen and oxygen atoms in total. The third kappa shape index (κ3) is 2.60. The quantitative estimate of drug-likeness (QED) is 0.685. The SMILES string of the molecule is CCC(=O)c1cccc(-c2cnnn2-c2ccccc2)c1. The minimum Gasteiger partial charge on any atom is -0.294 e. The Hall–Kier alpha value is -2.75. The zero-order valence-electron chi connectivity index (χ0n) is 11.7. The molecule has 3 rings (SSSR count). The molecule has 0 saturated carbocycles. The molecule has 4 heteroatoms. The summed E-state index contributed by atoms with van der Waals surface area (Å²) in [6, 6.07) is 17.4.